The van der Waals surface area contributed by atoms with Gasteiger partial charge in [-0.05, 0) is 47.2 Å². The average molecular weight is 432 g/mol. The molecule has 0 radical (unpaired) electrons. The molecule has 4 nitrogen and oxygen atoms in total. The lowest BCUT2D eigenvalue weighted by Gasteiger charge is -2.30. The monoisotopic (exact) mass is 431 g/mol. The Morgan fingerprint density at radius 1 is 0.781 bits per heavy atom. The van der Waals surface area contributed by atoms with Gasteiger partial charge in [0.2, 0.25) is 0 Å². The van der Waals surface area contributed by atoms with Crippen LogP contribution in [0.1, 0.15) is 63.0 Å². The minimum atomic E-state index is -0.398. The number of benzene rings is 3. The van der Waals surface area contributed by atoms with E-state index in [1.165, 1.54) is 0 Å². The SMILES string of the molecule is COc1cc(C(C)(C)C)c(OC(=O)c2ccccc2Nc2ccccc2)c(C(C)(C)C)c1. The maximum absolute atomic E-state index is 13.4. The maximum Gasteiger partial charge on any atom is 0.345 e. The number of nitrogens with one attached hydrogen (secondary N) is 1. The molecule has 0 saturated carbocycles. The summed E-state index contributed by atoms with van der Waals surface area (Å²) < 4.78 is 11.7. The van der Waals surface area contributed by atoms with Crippen LogP contribution in [0.3, 0.4) is 0 Å². The highest BCUT2D eigenvalue weighted by atomic mass is 16.5. The molecule has 0 spiro atoms. The van der Waals surface area contributed by atoms with Crippen molar-refractivity contribution in [3.63, 3.8) is 0 Å². The van der Waals surface area contributed by atoms with Crippen molar-refractivity contribution in [1.29, 1.82) is 0 Å². The third-order valence-electron chi connectivity index (χ3n) is 5.31. The number of hydrogen-bond acceptors (Lipinski definition) is 4. The van der Waals surface area contributed by atoms with Crippen LogP contribution in [0.4, 0.5) is 11.4 Å². The molecule has 3 rings (SSSR count). The van der Waals surface area contributed by atoms with E-state index in [2.05, 4.69) is 46.9 Å². The van der Waals surface area contributed by atoms with Crippen molar-refractivity contribution < 1.29 is 14.3 Å². The summed E-state index contributed by atoms with van der Waals surface area (Å²) in [4.78, 5) is 13.4. The Bertz CT molecular complexity index is 1050. The second-order valence-electron chi connectivity index (χ2n) is 9.98. The summed E-state index contributed by atoms with van der Waals surface area (Å²) in [6, 6.07) is 21.1. The molecular weight excluding hydrogens is 398 g/mol. The van der Waals surface area contributed by atoms with Crippen LogP contribution >= 0.6 is 0 Å². The van der Waals surface area contributed by atoms with E-state index >= 15 is 0 Å². The molecule has 0 aliphatic carbocycles. The fraction of sp³-hybridized carbons (Fsp3) is 0.321. The molecule has 3 aromatic rings. The van der Waals surface area contributed by atoms with Crippen molar-refractivity contribution in [2.24, 2.45) is 0 Å². The number of para-hydroxylation sites is 2. The molecule has 168 valence electrons. The normalized spacial score (nSPS) is 11.7. The topological polar surface area (TPSA) is 47.6 Å². The van der Waals surface area contributed by atoms with E-state index in [9.17, 15) is 4.79 Å². The molecule has 0 fully saturated rings. The van der Waals surface area contributed by atoms with Gasteiger partial charge < -0.3 is 14.8 Å². The second kappa shape index (κ2) is 9.07. The summed E-state index contributed by atoms with van der Waals surface area (Å²) >= 11 is 0. The number of carbonyl (C=O) groups is 1. The molecule has 0 bridgehead atoms. The average Bonchev–Trinajstić information content (AvgIpc) is 2.73. The van der Waals surface area contributed by atoms with E-state index in [1.807, 2.05) is 60.7 Å². The maximum atomic E-state index is 13.4. The molecule has 0 atom stereocenters. The van der Waals surface area contributed by atoms with Crippen molar-refractivity contribution in [2.45, 2.75) is 52.4 Å². The first-order chi connectivity index (χ1) is 15.0. The van der Waals surface area contributed by atoms with Crippen LogP contribution in [-0.2, 0) is 10.8 Å². The van der Waals surface area contributed by atoms with Gasteiger partial charge in [0, 0.05) is 16.8 Å². The van der Waals surface area contributed by atoms with E-state index in [4.69, 9.17) is 9.47 Å². The first kappa shape index (κ1) is 23.4. The van der Waals surface area contributed by atoms with Gasteiger partial charge in [-0.25, -0.2) is 4.79 Å². The number of esters is 1. The van der Waals surface area contributed by atoms with Gasteiger partial charge in [-0.15, -0.1) is 0 Å². The molecule has 32 heavy (non-hydrogen) atoms. The molecule has 0 unspecified atom stereocenters. The predicted octanol–water partition coefficient (Wildman–Crippen LogP) is 7.25. The Balaban J connectivity index is 2.07. The molecule has 0 aliphatic rings. The van der Waals surface area contributed by atoms with Gasteiger partial charge in [0.1, 0.15) is 11.5 Å². The lowest BCUT2D eigenvalue weighted by Crippen LogP contribution is -2.22. The largest absolute Gasteiger partial charge is 0.497 e. The van der Waals surface area contributed by atoms with Crippen LogP contribution in [0.15, 0.2) is 66.7 Å². The molecule has 0 aromatic heterocycles. The summed E-state index contributed by atoms with van der Waals surface area (Å²) in [5.74, 6) is 0.960. The minimum absolute atomic E-state index is 0.244. The first-order valence-corrected chi connectivity index (χ1v) is 10.9. The highest BCUT2D eigenvalue weighted by Crippen LogP contribution is 2.43. The van der Waals surface area contributed by atoms with Gasteiger partial charge in [0.15, 0.2) is 0 Å². The molecule has 3 aromatic carbocycles. The molecule has 0 aliphatic heterocycles. The zero-order valence-corrected chi connectivity index (χ0v) is 20.1. The van der Waals surface area contributed by atoms with E-state index in [1.54, 1.807) is 13.2 Å². The summed E-state index contributed by atoms with van der Waals surface area (Å²) in [7, 11) is 1.66. The third-order valence-corrected chi connectivity index (χ3v) is 5.31. The fourth-order valence-corrected chi connectivity index (χ4v) is 3.54. The van der Waals surface area contributed by atoms with E-state index in [0.717, 1.165) is 22.6 Å². The molecule has 0 amide bonds. The highest BCUT2D eigenvalue weighted by molar-refractivity contribution is 5.98. The predicted molar refractivity (Wildman–Crippen MR) is 132 cm³/mol. The molecule has 4 heteroatoms. The van der Waals surface area contributed by atoms with E-state index < -0.39 is 5.97 Å². The van der Waals surface area contributed by atoms with Crippen LogP contribution in [0.2, 0.25) is 0 Å². The number of rotatable bonds is 5. The highest BCUT2D eigenvalue weighted by Gasteiger charge is 2.30. The summed E-state index contributed by atoms with van der Waals surface area (Å²) in [6.07, 6.45) is 0. The quantitative estimate of drug-likeness (QED) is 0.341. The van der Waals surface area contributed by atoms with Crippen LogP contribution in [0.5, 0.6) is 11.5 Å². The zero-order valence-electron chi connectivity index (χ0n) is 20.1. The number of hydrogen-bond donors (Lipinski definition) is 1. The van der Waals surface area contributed by atoms with E-state index in [-0.39, 0.29) is 10.8 Å². The van der Waals surface area contributed by atoms with Crippen molar-refractivity contribution in [3.8, 4) is 11.5 Å². The zero-order chi connectivity index (χ0) is 23.5. The summed E-state index contributed by atoms with van der Waals surface area (Å²) in [5, 5.41) is 3.33. The molecule has 0 heterocycles. The Kier molecular flexibility index (Phi) is 6.63. The Morgan fingerprint density at radius 3 is 1.84 bits per heavy atom. The lowest BCUT2D eigenvalue weighted by molar-refractivity contribution is 0.0729. The Morgan fingerprint density at radius 2 is 1.31 bits per heavy atom. The first-order valence-electron chi connectivity index (χ1n) is 10.9. The van der Waals surface area contributed by atoms with Gasteiger partial charge in [-0.1, -0.05) is 71.9 Å². The van der Waals surface area contributed by atoms with Gasteiger partial charge in [-0.2, -0.15) is 0 Å². The number of methoxy groups -OCH3 is 1. The number of ether oxygens (including phenoxy) is 2. The third kappa shape index (κ3) is 5.31. The number of anilines is 2. The van der Waals surface area contributed by atoms with Gasteiger partial charge in [0.05, 0.1) is 18.4 Å². The van der Waals surface area contributed by atoms with Crippen LogP contribution in [-0.4, -0.2) is 13.1 Å². The summed E-state index contributed by atoms with van der Waals surface area (Å²) in [6.45, 7) is 12.6. The second-order valence-corrected chi connectivity index (χ2v) is 9.98. The van der Waals surface area contributed by atoms with Crippen LogP contribution in [0.25, 0.3) is 0 Å². The van der Waals surface area contributed by atoms with Crippen LogP contribution < -0.4 is 14.8 Å². The van der Waals surface area contributed by atoms with Gasteiger partial charge >= 0.3 is 5.97 Å². The van der Waals surface area contributed by atoms with Gasteiger partial charge in [0.25, 0.3) is 0 Å². The van der Waals surface area contributed by atoms with E-state index in [0.29, 0.717) is 17.0 Å². The smallest absolute Gasteiger partial charge is 0.345 e. The standard InChI is InChI=1S/C28H33NO3/c1-27(2,3)22-17-20(31-7)18-23(28(4,5)6)25(22)32-26(30)21-15-11-12-16-24(21)29-19-13-9-8-10-14-19/h8-18,29H,1-7H3. The van der Waals surface area contributed by atoms with Gasteiger partial charge in [-0.3, -0.25) is 0 Å². The molecule has 0 saturated heterocycles. The summed E-state index contributed by atoms with van der Waals surface area (Å²) in [5.41, 5.74) is 3.46. The lowest BCUT2D eigenvalue weighted by atomic mass is 9.79. The fourth-order valence-electron chi connectivity index (χ4n) is 3.54. The van der Waals surface area contributed by atoms with Crippen LogP contribution in [0, 0.1) is 0 Å². The van der Waals surface area contributed by atoms with Crippen molar-refractivity contribution >= 4 is 17.3 Å². The molecule has 1 N–H and O–H groups in total. The van der Waals surface area contributed by atoms with Crippen molar-refractivity contribution in [2.75, 3.05) is 12.4 Å². The Labute approximate surface area is 191 Å². The Hall–Kier alpha value is -3.27. The van der Waals surface area contributed by atoms with Crippen molar-refractivity contribution in [3.05, 3.63) is 83.4 Å². The van der Waals surface area contributed by atoms with Crippen molar-refractivity contribution in [1.82, 2.24) is 0 Å². The minimum Gasteiger partial charge on any atom is -0.497 e. The number of carbonyl (C=O) groups excluding carboxylic acids is 1. The molecular formula is C28H33NO3.